The van der Waals surface area contributed by atoms with Crippen molar-refractivity contribution in [2.45, 2.75) is 37.6 Å². The summed E-state index contributed by atoms with van der Waals surface area (Å²) in [6.07, 6.45) is 2.89. The Morgan fingerprint density at radius 1 is 1.03 bits per heavy atom. The Kier molecular flexibility index (Phi) is 6.34. The Labute approximate surface area is 202 Å². The number of fused-ring (bicyclic) bond motifs is 1. The summed E-state index contributed by atoms with van der Waals surface area (Å²) in [4.78, 5) is 1.68. The third-order valence-electron chi connectivity index (χ3n) is 5.83. The molecule has 2 aromatic heterocycles. The van der Waals surface area contributed by atoms with Gasteiger partial charge >= 0.3 is 0 Å². The number of hydrogen-bond acceptors (Lipinski definition) is 9. The smallest absolute Gasteiger partial charge is 0.246 e. The molecule has 4 aromatic rings. The lowest BCUT2D eigenvalue weighted by molar-refractivity contribution is 0.238. The van der Waals surface area contributed by atoms with Crippen LogP contribution in [0.5, 0.6) is 11.5 Å². The Morgan fingerprint density at radius 3 is 2.40 bits per heavy atom. The molecule has 0 aliphatic carbocycles. The molecule has 1 fully saturated rings. The maximum atomic E-state index is 13.9. The van der Waals surface area contributed by atoms with Gasteiger partial charge in [-0.25, -0.2) is 8.42 Å². The molecule has 0 bridgehead atoms. The molecule has 0 radical (unpaired) electrons. The molecule has 2 aromatic carbocycles. The molecule has 35 heavy (non-hydrogen) atoms. The molecule has 3 heterocycles. The van der Waals surface area contributed by atoms with E-state index in [1.807, 2.05) is 31.2 Å². The average Bonchev–Trinajstić information content (AvgIpc) is 3.55. The van der Waals surface area contributed by atoms with Gasteiger partial charge in [0.05, 0.1) is 19.3 Å². The van der Waals surface area contributed by atoms with Gasteiger partial charge in [-0.1, -0.05) is 12.1 Å². The quantitative estimate of drug-likeness (QED) is 0.359. The van der Waals surface area contributed by atoms with Crippen LogP contribution in [-0.2, 0) is 10.0 Å². The molecule has 13 heteroatoms. The minimum atomic E-state index is -3.91. The third-order valence-corrected chi connectivity index (χ3v) is 7.71. The van der Waals surface area contributed by atoms with Crippen LogP contribution in [0.15, 0.2) is 47.6 Å². The van der Waals surface area contributed by atoms with Crippen LogP contribution in [0.3, 0.4) is 0 Å². The Morgan fingerprint density at radius 2 is 1.74 bits per heavy atom. The van der Waals surface area contributed by atoms with Gasteiger partial charge in [0.15, 0.2) is 0 Å². The second kappa shape index (κ2) is 9.58. The maximum absolute atomic E-state index is 13.9. The van der Waals surface area contributed by atoms with E-state index in [-0.39, 0.29) is 29.8 Å². The van der Waals surface area contributed by atoms with Gasteiger partial charge in [-0.05, 0) is 49.2 Å². The normalized spacial score (nSPS) is 17.0. The van der Waals surface area contributed by atoms with Crippen LogP contribution >= 0.6 is 0 Å². The summed E-state index contributed by atoms with van der Waals surface area (Å²) >= 11 is 0. The van der Waals surface area contributed by atoms with Gasteiger partial charge in [0.2, 0.25) is 10.0 Å². The highest BCUT2D eigenvalue weighted by Crippen LogP contribution is 2.37. The molecule has 12 nitrogen and oxygen atoms in total. The van der Waals surface area contributed by atoms with Crippen LogP contribution in [0.1, 0.15) is 32.7 Å². The summed E-state index contributed by atoms with van der Waals surface area (Å²) in [6, 6.07) is 10.5. The van der Waals surface area contributed by atoms with Crippen molar-refractivity contribution in [1.29, 1.82) is 0 Å². The molecule has 184 valence electrons. The van der Waals surface area contributed by atoms with Crippen molar-refractivity contribution >= 4 is 21.1 Å². The fourth-order valence-corrected chi connectivity index (χ4v) is 5.87. The first-order chi connectivity index (χ1) is 17.0. The standard InChI is InChI=1S/C22H26N8O4S/c1-3-33-20-13-22(21(34-4-2)12-19(20)29-15-23-26-27-29)35(31,32)28-11-7-8-16(14-28)30-24-17-9-5-6-10-18(17)25-30/h5-6,9-10,12-13,15-16H,3-4,7-8,11,14H2,1-2H3. The van der Waals surface area contributed by atoms with Gasteiger partial charge < -0.3 is 9.47 Å². The van der Waals surface area contributed by atoms with Crippen LogP contribution < -0.4 is 9.47 Å². The largest absolute Gasteiger partial charge is 0.492 e. The number of sulfonamides is 1. The van der Waals surface area contributed by atoms with Crippen molar-refractivity contribution in [1.82, 2.24) is 39.5 Å². The van der Waals surface area contributed by atoms with E-state index in [2.05, 4.69) is 25.7 Å². The van der Waals surface area contributed by atoms with Crippen molar-refractivity contribution in [3.05, 3.63) is 42.7 Å². The second-order valence-corrected chi connectivity index (χ2v) is 9.96. The molecular formula is C22H26N8O4S. The van der Waals surface area contributed by atoms with E-state index in [4.69, 9.17) is 9.47 Å². The summed E-state index contributed by atoms with van der Waals surface area (Å²) < 4.78 is 42.2. The van der Waals surface area contributed by atoms with E-state index in [0.717, 1.165) is 17.5 Å². The monoisotopic (exact) mass is 498 g/mol. The maximum Gasteiger partial charge on any atom is 0.246 e. The number of hydrogen-bond donors (Lipinski definition) is 0. The van der Waals surface area contributed by atoms with Gasteiger partial charge in [0.25, 0.3) is 0 Å². The zero-order valence-corrected chi connectivity index (χ0v) is 20.3. The number of aromatic nitrogens is 7. The molecule has 1 aliphatic heterocycles. The fraction of sp³-hybridized carbons (Fsp3) is 0.409. The summed E-state index contributed by atoms with van der Waals surface area (Å²) in [5.74, 6) is 0.557. The van der Waals surface area contributed by atoms with Crippen LogP contribution in [0.25, 0.3) is 16.7 Å². The van der Waals surface area contributed by atoms with E-state index in [9.17, 15) is 8.42 Å². The SMILES string of the molecule is CCOc1cc(S(=O)(=O)N2CCCC(n3nc4ccccc4n3)C2)c(OCC)cc1-n1cnnn1. The van der Waals surface area contributed by atoms with Gasteiger partial charge in [0, 0.05) is 25.2 Å². The first-order valence-electron chi connectivity index (χ1n) is 11.5. The fourth-order valence-electron chi connectivity index (χ4n) is 4.23. The minimum absolute atomic E-state index is 0.0406. The van der Waals surface area contributed by atoms with Crippen molar-refractivity contribution in [3.63, 3.8) is 0 Å². The molecule has 5 rings (SSSR count). The third kappa shape index (κ3) is 4.44. The Hall–Kier alpha value is -3.58. The number of tetrazole rings is 1. The first kappa shape index (κ1) is 23.2. The Bertz CT molecular complexity index is 1390. The van der Waals surface area contributed by atoms with E-state index in [1.165, 1.54) is 21.4 Å². The summed E-state index contributed by atoms with van der Waals surface area (Å²) in [7, 11) is -3.91. The number of nitrogens with zero attached hydrogens (tertiary/aromatic N) is 8. The van der Waals surface area contributed by atoms with Gasteiger partial charge in [-0.2, -0.15) is 24.0 Å². The molecule has 0 N–H and O–H groups in total. The lowest BCUT2D eigenvalue weighted by atomic mass is 10.1. The number of piperidine rings is 1. The second-order valence-electron chi connectivity index (χ2n) is 8.06. The summed E-state index contributed by atoms with van der Waals surface area (Å²) in [5.41, 5.74) is 2.06. The molecular weight excluding hydrogens is 472 g/mol. The number of ether oxygens (including phenoxy) is 2. The lowest BCUT2D eigenvalue weighted by Gasteiger charge is -2.31. The molecule has 1 atom stereocenters. The molecule has 1 unspecified atom stereocenters. The minimum Gasteiger partial charge on any atom is -0.492 e. The average molecular weight is 499 g/mol. The van der Waals surface area contributed by atoms with E-state index >= 15 is 0 Å². The van der Waals surface area contributed by atoms with Crippen molar-refractivity contribution < 1.29 is 17.9 Å². The lowest BCUT2D eigenvalue weighted by Crippen LogP contribution is -2.41. The molecule has 0 saturated carbocycles. The van der Waals surface area contributed by atoms with E-state index in [0.29, 0.717) is 31.0 Å². The molecule has 0 spiro atoms. The van der Waals surface area contributed by atoms with E-state index in [1.54, 1.807) is 17.8 Å². The van der Waals surface area contributed by atoms with Gasteiger partial charge in [0.1, 0.15) is 39.4 Å². The molecule has 1 aliphatic rings. The zero-order valence-electron chi connectivity index (χ0n) is 19.5. The predicted molar refractivity (Wildman–Crippen MR) is 126 cm³/mol. The number of benzene rings is 2. The highest BCUT2D eigenvalue weighted by molar-refractivity contribution is 7.89. The first-order valence-corrected chi connectivity index (χ1v) is 12.9. The highest BCUT2D eigenvalue weighted by Gasteiger charge is 2.35. The zero-order chi connectivity index (χ0) is 24.4. The van der Waals surface area contributed by atoms with Crippen LogP contribution in [0.2, 0.25) is 0 Å². The van der Waals surface area contributed by atoms with E-state index < -0.39 is 10.0 Å². The topological polar surface area (TPSA) is 130 Å². The molecule has 0 amide bonds. The van der Waals surface area contributed by atoms with Crippen LogP contribution in [0, 0.1) is 0 Å². The van der Waals surface area contributed by atoms with Crippen molar-refractivity contribution in [3.8, 4) is 17.2 Å². The van der Waals surface area contributed by atoms with Gasteiger partial charge in [-0.3, -0.25) is 0 Å². The molecule has 1 saturated heterocycles. The van der Waals surface area contributed by atoms with Crippen molar-refractivity contribution in [2.24, 2.45) is 0 Å². The van der Waals surface area contributed by atoms with Crippen LogP contribution in [-0.4, -0.2) is 74.2 Å². The number of rotatable bonds is 8. The van der Waals surface area contributed by atoms with Crippen LogP contribution in [0.4, 0.5) is 0 Å². The summed E-state index contributed by atoms with van der Waals surface area (Å²) in [6.45, 7) is 4.90. The highest BCUT2D eigenvalue weighted by atomic mass is 32.2. The van der Waals surface area contributed by atoms with Gasteiger partial charge in [-0.15, -0.1) is 5.10 Å². The Balaban J connectivity index is 1.51. The predicted octanol–water partition coefficient (Wildman–Crippen LogP) is 2.23. The van der Waals surface area contributed by atoms with Crippen molar-refractivity contribution in [2.75, 3.05) is 26.3 Å². The summed E-state index contributed by atoms with van der Waals surface area (Å²) in [5, 5.41) is 20.4.